The van der Waals surface area contributed by atoms with Gasteiger partial charge in [-0.3, -0.25) is 9.59 Å². The van der Waals surface area contributed by atoms with Gasteiger partial charge >= 0.3 is 5.97 Å². The van der Waals surface area contributed by atoms with Crippen molar-refractivity contribution in [2.24, 2.45) is 0 Å². The Balaban J connectivity index is 1.51. The van der Waals surface area contributed by atoms with Crippen LogP contribution < -0.4 is 10.6 Å². The minimum atomic E-state index is -1.30. The van der Waals surface area contributed by atoms with Crippen LogP contribution in [0.25, 0.3) is 0 Å². The predicted molar refractivity (Wildman–Crippen MR) is 149 cm³/mol. The van der Waals surface area contributed by atoms with E-state index in [1.165, 1.54) is 30.0 Å². The lowest BCUT2D eigenvalue weighted by atomic mass is 10.1. The van der Waals surface area contributed by atoms with Crippen LogP contribution in [0.15, 0.2) is 102 Å². The van der Waals surface area contributed by atoms with E-state index in [9.17, 15) is 24.6 Å². The number of carboxylic acid groups (broad SMARTS) is 1. The minimum absolute atomic E-state index is 0.187. The summed E-state index contributed by atoms with van der Waals surface area (Å²) in [6.45, 7) is 0. The normalized spacial score (nSPS) is 11.4. The summed E-state index contributed by atoms with van der Waals surface area (Å²) in [6.07, 6.45) is 0.189. The molecule has 192 valence electrons. The van der Waals surface area contributed by atoms with Gasteiger partial charge in [-0.25, -0.2) is 4.79 Å². The van der Waals surface area contributed by atoms with Gasteiger partial charge < -0.3 is 20.8 Å². The Morgan fingerprint density at radius 2 is 1.53 bits per heavy atom. The van der Waals surface area contributed by atoms with Crippen LogP contribution in [0.4, 0.5) is 11.4 Å². The molecule has 0 bridgehead atoms. The molecule has 0 aliphatic carbocycles. The van der Waals surface area contributed by atoms with Crippen molar-refractivity contribution in [1.82, 2.24) is 0 Å². The number of hydrogen-bond donors (Lipinski definition) is 4. The number of carbonyl (C=O) groups excluding carboxylic acids is 2. The van der Waals surface area contributed by atoms with Gasteiger partial charge in [-0.05, 0) is 59.7 Å². The van der Waals surface area contributed by atoms with Crippen LogP contribution in [0.3, 0.4) is 0 Å². The second-order valence-electron chi connectivity index (χ2n) is 8.31. The maximum atomic E-state index is 13.4. The van der Waals surface area contributed by atoms with Crippen molar-refractivity contribution in [3.05, 3.63) is 119 Å². The molecule has 4 aromatic carbocycles. The molecule has 1 unspecified atom stereocenters. The second kappa shape index (κ2) is 12.3. The summed E-state index contributed by atoms with van der Waals surface area (Å²) in [5, 5.41) is 24.6. The molecular weight excluding hydrogens is 524 g/mol. The number of nitrogens with one attached hydrogen (secondary N) is 2. The zero-order valence-corrected chi connectivity index (χ0v) is 21.5. The van der Waals surface area contributed by atoms with E-state index in [0.717, 1.165) is 16.0 Å². The number of halogens is 1. The van der Waals surface area contributed by atoms with E-state index >= 15 is 0 Å². The molecule has 0 fully saturated rings. The van der Waals surface area contributed by atoms with E-state index in [1.54, 1.807) is 42.5 Å². The molecule has 0 aliphatic rings. The zero-order valence-electron chi connectivity index (χ0n) is 19.9. The monoisotopic (exact) mass is 546 g/mol. The molecule has 4 rings (SSSR count). The molecule has 0 radical (unpaired) electrons. The van der Waals surface area contributed by atoms with Gasteiger partial charge in [-0.15, -0.1) is 11.8 Å². The summed E-state index contributed by atoms with van der Waals surface area (Å²) < 4.78 is 0. The number of amides is 2. The molecule has 4 N–H and O–H groups in total. The highest BCUT2D eigenvalue weighted by molar-refractivity contribution is 8.00. The van der Waals surface area contributed by atoms with Gasteiger partial charge in [0.05, 0.1) is 6.42 Å². The summed E-state index contributed by atoms with van der Waals surface area (Å²) >= 11 is 7.20. The van der Waals surface area contributed by atoms with Crippen molar-refractivity contribution in [2.45, 2.75) is 16.6 Å². The molecule has 0 aliphatic heterocycles. The standard InChI is InChI=1S/C29H23ClN2O5S/c30-20-11-9-18(10-12-20)15-26(34)31-21-7-4-8-23(16-21)38-27(19-5-2-1-3-6-19)28(35)32-22-13-14-25(33)24(17-22)29(36)37/h1-14,16-17,27,33H,15H2,(H,31,34)(H,32,35)(H,36,37). The van der Waals surface area contributed by atoms with Crippen LogP contribution in [0, 0.1) is 0 Å². The van der Waals surface area contributed by atoms with Gasteiger partial charge in [0, 0.05) is 21.3 Å². The largest absolute Gasteiger partial charge is 0.507 e. The Kier molecular flexibility index (Phi) is 8.68. The first-order chi connectivity index (χ1) is 18.3. The van der Waals surface area contributed by atoms with Crippen molar-refractivity contribution >= 4 is 52.5 Å². The van der Waals surface area contributed by atoms with Crippen molar-refractivity contribution in [1.29, 1.82) is 0 Å². The van der Waals surface area contributed by atoms with Gasteiger partial charge in [0.25, 0.3) is 0 Å². The first-order valence-electron chi connectivity index (χ1n) is 11.5. The lowest BCUT2D eigenvalue weighted by Crippen LogP contribution is -2.19. The Hall–Kier alpha value is -4.27. The number of benzene rings is 4. The summed E-state index contributed by atoms with van der Waals surface area (Å²) in [5.41, 5.74) is 2.09. The Morgan fingerprint density at radius 3 is 2.24 bits per heavy atom. The highest BCUT2D eigenvalue weighted by Crippen LogP contribution is 2.37. The van der Waals surface area contributed by atoms with Gasteiger partial charge in [0.15, 0.2) is 0 Å². The topological polar surface area (TPSA) is 116 Å². The molecule has 0 saturated carbocycles. The third kappa shape index (κ3) is 7.15. The molecule has 9 heteroatoms. The predicted octanol–water partition coefficient (Wildman–Crippen LogP) is 6.40. The van der Waals surface area contributed by atoms with E-state index in [1.807, 2.05) is 36.4 Å². The van der Waals surface area contributed by atoms with Gasteiger partial charge in [-0.2, -0.15) is 0 Å². The maximum absolute atomic E-state index is 13.4. The van der Waals surface area contributed by atoms with Crippen LogP contribution >= 0.6 is 23.4 Å². The number of carboxylic acids is 1. The fourth-order valence-corrected chi connectivity index (χ4v) is 4.88. The number of carbonyl (C=O) groups is 3. The molecule has 7 nitrogen and oxygen atoms in total. The van der Waals surface area contributed by atoms with E-state index in [2.05, 4.69) is 10.6 Å². The number of aromatic hydroxyl groups is 1. The second-order valence-corrected chi connectivity index (χ2v) is 9.93. The van der Waals surface area contributed by atoms with Crippen LogP contribution in [0.5, 0.6) is 5.75 Å². The number of thioether (sulfide) groups is 1. The Morgan fingerprint density at radius 1 is 0.816 bits per heavy atom. The van der Waals surface area contributed by atoms with Crippen LogP contribution in [0.1, 0.15) is 26.7 Å². The molecule has 2 amide bonds. The van der Waals surface area contributed by atoms with E-state index in [4.69, 9.17) is 11.6 Å². The number of rotatable bonds is 9. The number of phenols is 1. The van der Waals surface area contributed by atoms with Gasteiger partial charge in [0.1, 0.15) is 16.6 Å². The maximum Gasteiger partial charge on any atom is 0.339 e. The first kappa shape index (κ1) is 26.8. The minimum Gasteiger partial charge on any atom is -0.507 e. The van der Waals surface area contributed by atoms with E-state index in [0.29, 0.717) is 10.7 Å². The number of anilines is 2. The highest BCUT2D eigenvalue weighted by atomic mass is 35.5. The SMILES string of the molecule is O=C(Cc1ccc(Cl)cc1)Nc1cccc(SC(C(=O)Nc2ccc(O)c(C(=O)O)c2)c2ccccc2)c1. The average Bonchev–Trinajstić information content (AvgIpc) is 2.90. The summed E-state index contributed by atoms with van der Waals surface area (Å²) in [6, 6.07) is 27.3. The summed E-state index contributed by atoms with van der Waals surface area (Å²) in [4.78, 5) is 38.0. The lowest BCUT2D eigenvalue weighted by Gasteiger charge is -2.18. The van der Waals surface area contributed by atoms with Crippen molar-refractivity contribution in [3.8, 4) is 5.75 Å². The fourth-order valence-electron chi connectivity index (χ4n) is 3.67. The molecule has 38 heavy (non-hydrogen) atoms. The molecule has 0 aromatic heterocycles. The van der Waals surface area contributed by atoms with Crippen LogP contribution in [-0.2, 0) is 16.0 Å². The van der Waals surface area contributed by atoms with Crippen LogP contribution in [0.2, 0.25) is 5.02 Å². The van der Waals surface area contributed by atoms with Gasteiger partial charge in [0.2, 0.25) is 11.8 Å². The molecule has 0 saturated heterocycles. The molecule has 4 aromatic rings. The van der Waals surface area contributed by atoms with Crippen molar-refractivity contribution in [3.63, 3.8) is 0 Å². The Bertz CT molecular complexity index is 1460. The number of aromatic carboxylic acids is 1. The lowest BCUT2D eigenvalue weighted by molar-refractivity contribution is -0.116. The summed E-state index contributed by atoms with van der Waals surface area (Å²) in [7, 11) is 0. The Labute approximate surface area is 228 Å². The molecule has 0 heterocycles. The third-order valence-corrected chi connectivity index (χ3v) is 6.98. The number of hydrogen-bond acceptors (Lipinski definition) is 5. The molecular formula is C29H23ClN2O5S. The van der Waals surface area contributed by atoms with E-state index in [-0.39, 0.29) is 35.2 Å². The smallest absolute Gasteiger partial charge is 0.339 e. The third-order valence-electron chi connectivity index (χ3n) is 5.48. The molecule has 1 atom stereocenters. The zero-order chi connectivity index (χ0) is 27.1. The van der Waals surface area contributed by atoms with Crippen molar-refractivity contribution in [2.75, 3.05) is 10.6 Å². The quantitative estimate of drug-likeness (QED) is 0.143. The highest BCUT2D eigenvalue weighted by Gasteiger charge is 2.23. The summed E-state index contributed by atoms with van der Waals surface area (Å²) in [5.74, 6) is -2.25. The van der Waals surface area contributed by atoms with Gasteiger partial charge in [-0.1, -0.05) is 60.1 Å². The van der Waals surface area contributed by atoms with E-state index < -0.39 is 11.2 Å². The van der Waals surface area contributed by atoms with Crippen LogP contribution in [-0.4, -0.2) is 28.0 Å². The fraction of sp³-hybridized carbons (Fsp3) is 0.0690. The van der Waals surface area contributed by atoms with Crippen molar-refractivity contribution < 1.29 is 24.6 Å². The average molecular weight is 547 g/mol. The molecule has 0 spiro atoms. The first-order valence-corrected chi connectivity index (χ1v) is 12.8.